The van der Waals surface area contributed by atoms with Gasteiger partial charge in [0.25, 0.3) is 0 Å². The molecule has 1 amide bonds. The smallest absolute Gasteiger partial charge is 0.404 e. The highest BCUT2D eigenvalue weighted by Gasteiger charge is 2.32. The fourth-order valence-corrected chi connectivity index (χ4v) is 1.30. The number of thiol groups is 1. The Morgan fingerprint density at radius 1 is 1.35 bits per heavy atom. The van der Waals surface area contributed by atoms with Crippen LogP contribution in [0.25, 0.3) is 0 Å². The second kappa shape index (κ2) is 5.81. The lowest BCUT2D eigenvalue weighted by Gasteiger charge is -2.13. The zero-order valence-corrected chi connectivity index (χ0v) is 9.52. The second-order valence-corrected chi connectivity index (χ2v) is 3.51. The monoisotopic (exact) mass is 265 g/mol. The molecule has 1 N–H and O–H groups in total. The third kappa shape index (κ3) is 4.99. The Kier molecular flexibility index (Phi) is 4.68. The number of halogens is 3. The summed E-state index contributed by atoms with van der Waals surface area (Å²) in [6.07, 6.45) is -4.67. The molecule has 94 valence electrons. The first-order chi connectivity index (χ1) is 7.92. The standard InChI is InChI=1S/C10H10F3NO2S/c11-10(12,13)16-8-4-2-1-3-7(8)14-9(15)5-6-17/h1-4,17H,5-6H2,(H,14,15). The number of carbonyl (C=O) groups excluding carboxylic acids is 1. The van der Waals surface area contributed by atoms with Crippen LogP contribution in [0.15, 0.2) is 24.3 Å². The summed E-state index contributed by atoms with van der Waals surface area (Å²) in [5.41, 5.74) is -0.0170. The largest absolute Gasteiger partial charge is 0.573 e. The Labute approximate surface area is 101 Å². The first-order valence-corrected chi connectivity index (χ1v) is 5.31. The Balaban J connectivity index is 2.81. The van der Waals surface area contributed by atoms with Gasteiger partial charge in [-0.1, -0.05) is 12.1 Å². The molecule has 1 aromatic rings. The van der Waals surface area contributed by atoms with Crippen LogP contribution in [-0.2, 0) is 4.79 Å². The van der Waals surface area contributed by atoms with Crippen LogP contribution in [0.1, 0.15) is 6.42 Å². The molecule has 1 rings (SSSR count). The average molecular weight is 265 g/mol. The molecule has 0 aliphatic heterocycles. The van der Waals surface area contributed by atoms with Crippen molar-refractivity contribution in [2.45, 2.75) is 12.8 Å². The van der Waals surface area contributed by atoms with Gasteiger partial charge in [0.1, 0.15) is 0 Å². The van der Waals surface area contributed by atoms with Crippen LogP contribution in [-0.4, -0.2) is 18.0 Å². The number of hydrogen-bond acceptors (Lipinski definition) is 3. The van der Waals surface area contributed by atoms with Crippen LogP contribution < -0.4 is 10.1 Å². The molecule has 0 bridgehead atoms. The topological polar surface area (TPSA) is 38.3 Å². The molecule has 0 fully saturated rings. The summed E-state index contributed by atoms with van der Waals surface area (Å²) >= 11 is 3.85. The van der Waals surface area contributed by atoms with Gasteiger partial charge < -0.3 is 10.1 Å². The molecule has 0 heterocycles. The van der Waals surface area contributed by atoms with Crippen LogP contribution in [0.5, 0.6) is 5.75 Å². The highest BCUT2D eigenvalue weighted by Crippen LogP contribution is 2.29. The first kappa shape index (κ1) is 13.7. The van der Waals surface area contributed by atoms with E-state index in [-0.39, 0.29) is 12.1 Å². The maximum absolute atomic E-state index is 12.1. The molecule has 0 radical (unpaired) electrons. The molecule has 17 heavy (non-hydrogen) atoms. The maximum Gasteiger partial charge on any atom is 0.573 e. The lowest BCUT2D eigenvalue weighted by molar-refractivity contribution is -0.274. The van der Waals surface area contributed by atoms with Gasteiger partial charge in [0.2, 0.25) is 5.91 Å². The molecule has 0 spiro atoms. The normalized spacial score (nSPS) is 11.1. The third-order valence-electron chi connectivity index (χ3n) is 1.73. The van der Waals surface area contributed by atoms with Crippen molar-refractivity contribution < 1.29 is 22.7 Å². The zero-order chi connectivity index (χ0) is 12.9. The summed E-state index contributed by atoms with van der Waals surface area (Å²) < 4.78 is 40.0. The third-order valence-corrected chi connectivity index (χ3v) is 1.95. The van der Waals surface area contributed by atoms with Gasteiger partial charge in [-0.3, -0.25) is 4.79 Å². The number of carbonyl (C=O) groups is 1. The van der Waals surface area contributed by atoms with Crippen molar-refractivity contribution in [2.75, 3.05) is 11.1 Å². The summed E-state index contributed by atoms with van der Waals surface area (Å²) in [6, 6.07) is 5.34. The second-order valence-electron chi connectivity index (χ2n) is 3.07. The molecule has 0 atom stereocenters. The van der Waals surface area contributed by atoms with Gasteiger partial charge in [-0.25, -0.2) is 0 Å². The van der Waals surface area contributed by atoms with Gasteiger partial charge in [-0.05, 0) is 17.9 Å². The predicted octanol–water partition coefficient (Wildman–Crippen LogP) is 2.84. The van der Waals surface area contributed by atoms with E-state index in [2.05, 4.69) is 22.7 Å². The van der Waals surface area contributed by atoms with Crippen LogP contribution in [0.2, 0.25) is 0 Å². The highest BCUT2D eigenvalue weighted by molar-refractivity contribution is 7.80. The number of ether oxygens (including phenoxy) is 1. The van der Waals surface area contributed by atoms with Gasteiger partial charge in [0, 0.05) is 6.42 Å². The molecule has 7 heteroatoms. The number of anilines is 1. The van der Waals surface area contributed by atoms with Crippen molar-refractivity contribution in [1.82, 2.24) is 0 Å². The zero-order valence-electron chi connectivity index (χ0n) is 8.62. The van der Waals surface area contributed by atoms with Gasteiger partial charge in [-0.2, -0.15) is 12.6 Å². The Morgan fingerprint density at radius 3 is 2.59 bits per heavy atom. The maximum atomic E-state index is 12.1. The number of alkyl halides is 3. The van der Waals surface area contributed by atoms with Gasteiger partial charge in [0.05, 0.1) is 5.69 Å². The minimum absolute atomic E-state index is 0.0170. The number of hydrogen-bond donors (Lipinski definition) is 2. The Morgan fingerprint density at radius 2 is 2.00 bits per heavy atom. The molecule has 0 saturated heterocycles. The summed E-state index contributed by atoms with van der Waals surface area (Å²) in [4.78, 5) is 11.2. The fraction of sp³-hybridized carbons (Fsp3) is 0.300. The average Bonchev–Trinajstić information content (AvgIpc) is 2.19. The lowest BCUT2D eigenvalue weighted by Crippen LogP contribution is -2.19. The molecule has 0 saturated carbocycles. The fourth-order valence-electron chi connectivity index (χ4n) is 1.10. The van der Waals surface area contributed by atoms with E-state index >= 15 is 0 Å². The van der Waals surface area contributed by atoms with Gasteiger partial charge >= 0.3 is 6.36 Å². The van der Waals surface area contributed by atoms with Gasteiger partial charge in [0.15, 0.2) is 5.75 Å². The number of rotatable bonds is 4. The summed E-state index contributed by atoms with van der Waals surface area (Å²) in [6.45, 7) is 0. The van der Waals surface area contributed by atoms with Crippen LogP contribution in [0, 0.1) is 0 Å². The summed E-state index contributed by atoms with van der Waals surface area (Å²) in [5, 5.41) is 2.32. The van der Waals surface area contributed by atoms with Crippen LogP contribution >= 0.6 is 12.6 Å². The van der Waals surface area contributed by atoms with Crippen molar-refractivity contribution in [3.8, 4) is 5.75 Å². The van der Waals surface area contributed by atoms with E-state index in [0.717, 1.165) is 6.07 Å². The van der Waals surface area contributed by atoms with Crippen molar-refractivity contribution >= 4 is 24.2 Å². The van der Waals surface area contributed by atoms with E-state index in [4.69, 9.17) is 0 Å². The van der Waals surface area contributed by atoms with Crippen molar-refractivity contribution in [3.05, 3.63) is 24.3 Å². The van der Waals surface area contributed by atoms with E-state index in [0.29, 0.717) is 5.75 Å². The number of nitrogens with one attached hydrogen (secondary N) is 1. The molecular formula is C10H10F3NO2S. The SMILES string of the molecule is O=C(CCS)Nc1ccccc1OC(F)(F)F. The Hall–Kier alpha value is -1.37. The van der Waals surface area contributed by atoms with Gasteiger partial charge in [-0.15, -0.1) is 13.2 Å². The summed E-state index contributed by atoms with van der Waals surface area (Å²) in [5.74, 6) is -0.542. The number of amides is 1. The molecule has 0 aliphatic rings. The van der Waals surface area contributed by atoms with E-state index in [9.17, 15) is 18.0 Å². The quantitative estimate of drug-likeness (QED) is 0.822. The molecule has 3 nitrogen and oxygen atoms in total. The highest BCUT2D eigenvalue weighted by atomic mass is 32.1. The molecular weight excluding hydrogens is 255 g/mol. The minimum atomic E-state index is -4.79. The number of para-hydroxylation sites is 2. The molecule has 0 aliphatic carbocycles. The summed E-state index contributed by atoms with van der Waals surface area (Å²) in [7, 11) is 0. The lowest BCUT2D eigenvalue weighted by atomic mass is 10.3. The predicted molar refractivity (Wildman–Crippen MR) is 60.2 cm³/mol. The van der Waals surface area contributed by atoms with Crippen LogP contribution in [0.4, 0.5) is 18.9 Å². The minimum Gasteiger partial charge on any atom is -0.404 e. The van der Waals surface area contributed by atoms with E-state index in [1.807, 2.05) is 0 Å². The molecule has 1 aromatic carbocycles. The van der Waals surface area contributed by atoms with Crippen molar-refractivity contribution in [2.24, 2.45) is 0 Å². The van der Waals surface area contributed by atoms with Crippen molar-refractivity contribution in [3.63, 3.8) is 0 Å². The van der Waals surface area contributed by atoms with E-state index in [1.165, 1.54) is 18.2 Å². The number of benzene rings is 1. The molecule has 0 aromatic heterocycles. The van der Waals surface area contributed by atoms with Crippen LogP contribution in [0.3, 0.4) is 0 Å². The van der Waals surface area contributed by atoms with Crippen molar-refractivity contribution in [1.29, 1.82) is 0 Å². The first-order valence-electron chi connectivity index (χ1n) is 4.68. The Bertz CT molecular complexity index is 395. The molecule has 0 unspecified atom stereocenters. The van der Waals surface area contributed by atoms with E-state index < -0.39 is 18.0 Å². The van der Waals surface area contributed by atoms with E-state index in [1.54, 1.807) is 0 Å².